The summed E-state index contributed by atoms with van der Waals surface area (Å²) in [6.45, 7) is 1.13. The van der Waals surface area contributed by atoms with Gasteiger partial charge in [0, 0.05) is 31.7 Å². The summed E-state index contributed by atoms with van der Waals surface area (Å²) in [5.41, 5.74) is 2.28. The molecule has 158 valence electrons. The fourth-order valence-electron chi connectivity index (χ4n) is 4.03. The molecule has 1 aliphatic carbocycles. The zero-order chi connectivity index (χ0) is 21.0. The Morgan fingerprint density at radius 2 is 1.93 bits per heavy atom. The van der Waals surface area contributed by atoms with Crippen molar-refractivity contribution >= 4 is 28.2 Å². The predicted octanol–water partition coefficient (Wildman–Crippen LogP) is 3.66. The zero-order valence-electron chi connectivity index (χ0n) is 17.4. The second kappa shape index (κ2) is 8.85. The molecule has 0 radical (unpaired) electrons. The van der Waals surface area contributed by atoms with Gasteiger partial charge in [0.2, 0.25) is 0 Å². The average Bonchev–Trinajstić information content (AvgIpc) is 2.76. The minimum Gasteiger partial charge on any atom is -0.388 e. The van der Waals surface area contributed by atoms with Crippen LogP contribution in [0.5, 0.6) is 0 Å². The Bertz CT molecular complexity index is 1000. The van der Waals surface area contributed by atoms with E-state index in [0.717, 1.165) is 53.7 Å². The number of anilines is 3. The lowest BCUT2D eigenvalue weighted by Gasteiger charge is -2.32. The normalized spacial score (nSPS) is 15.7. The van der Waals surface area contributed by atoms with Crippen molar-refractivity contribution in [2.45, 2.75) is 44.2 Å². The summed E-state index contributed by atoms with van der Waals surface area (Å²) in [5.74, 6) is 7.43. The van der Waals surface area contributed by atoms with Crippen molar-refractivity contribution in [3.05, 3.63) is 54.2 Å². The molecule has 2 heterocycles. The summed E-state index contributed by atoms with van der Waals surface area (Å²) < 4.78 is 0. The number of aliphatic hydroxyl groups is 1. The fourth-order valence-corrected chi connectivity index (χ4v) is 4.03. The Balaban J connectivity index is 1.47. The maximum atomic E-state index is 10.7. The number of hydrazine groups is 1. The summed E-state index contributed by atoms with van der Waals surface area (Å²) >= 11 is 0. The zero-order valence-corrected chi connectivity index (χ0v) is 17.4. The van der Waals surface area contributed by atoms with Crippen LogP contribution in [0.2, 0.25) is 0 Å². The maximum absolute atomic E-state index is 10.7. The molecule has 0 amide bonds. The van der Waals surface area contributed by atoms with E-state index >= 15 is 0 Å². The van der Waals surface area contributed by atoms with E-state index in [-0.39, 0.29) is 0 Å². The van der Waals surface area contributed by atoms with Gasteiger partial charge in [0.05, 0.1) is 16.8 Å². The van der Waals surface area contributed by atoms with Crippen LogP contribution in [0.15, 0.2) is 48.7 Å². The van der Waals surface area contributed by atoms with Gasteiger partial charge in [-0.05, 0) is 48.7 Å². The van der Waals surface area contributed by atoms with Crippen LogP contribution in [0.3, 0.4) is 0 Å². The summed E-state index contributed by atoms with van der Waals surface area (Å²) in [7, 11) is 1.79. The first-order valence-electron chi connectivity index (χ1n) is 10.6. The van der Waals surface area contributed by atoms with Crippen LogP contribution < -0.4 is 21.5 Å². The Morgan fingerprint density at radius 1 is 1.10 bits per heavy atom. The van der Waals surface area contributed by atoms with Gasteiger partial charge in [0.25, 0.3) is 0 Å². The standard InChI is InChI=1S/C23H30N6O/c1-29(24)20-9-10-21(27-16-23(30)11-3-2-4-12-23)28-22(20)26-15-17-7-8-19-18(14-17)6-5-13-25-19/h5-10,13-14,30H,2-4,11-12,15-16,24H2,1H3,(H2,26,27,28). The minimum absolute atomic E-state index is 0.509. The quantitative estimate of drug-likeness (QED) is 0.351. The molecular weight excluding hydrogens is 376 g/mol. The molecule has 30 heavy (non-hydrogen) atoms. The Hall–Kier alpha value is -2.90. The highest BCUT2D eigenvalue weighted by molar-refractivity contribution is 5.79. The highest BCUT2D eigenvalue weighted by atomic mass is 16.3. The van der Waals surface area contributed by atoms with E-state index in [1.54, 1.807) is 18.3 Å². The summed E-state index contributed by atoms with van der Waals surface area (Å²) in [6.07, 6.45) is 6.84. The smallest absolute Gasteiger partial charge is 0.153 e. The van der Waals surface area contributed by atoms with E-state index in [1.165, 1.54) is 6.42 Å². The molecule has 0 saturated heterocycles. The van der Waals surface area contributed by atoms with Crippen molar-refractivity contribution < 1.29 is 5.11 Å². The lowest BCUT2D eigenvalue weighted by Crippen LogP contribution is -2.39. The van der Waals surface area contributed by atoms with E-state index in [9.17, 15) is 5.11 Å². The first-order valence-corrected chi connectivity index (χ1v) is 10.6. The van der Waals surface area contributed by atoms with E-state index in [1.807, 2.05) is 24.3 Å². The monoisotopic (exact) mass is 406 g/mol. The van der Waals surface area contributed by atoms with Gasteiger partial charge in [0.15, 0.2) is 5.82 Å². The third-order valence-corrected chi connectivity index (χ3v) is 5.76. The molecule has 0 atom stereocenters. The number of hydrogen-bond acceptors (Lipinski definition) is 7. The molecular formula is C23H30N6O. The van der Waals surface area contributed by atoms with Gasteiger partial charge in [0.1, 0.15) is 5.82 Å². The summed E-state index contributed by atoms with van der Waals surface area (Å²) in [6, 6.07) is 14.1. The van der Waals surface area contributed by atoms with E-state index < -0.39 is 5.60 Å². The number of aromatic nitrogens is 2. The summed E-state index contributed by atoms with van der Waals surface area (Å²) in [5, 5.41) is 20.1. The minimum atomic E-state index is -0.643. The van der Waals surface area contributed by atoms with Gasteiger partial charge in [-0.2, -0.15) is 0 Å². The molecule has 0 aliphatic heterocycles. The Labute approximate surface area is 177 Å². The highest BCUT2D eigenvalue weighted by Gasteiger charge is 2.28. The van der Waals surface area contributed by atoms with Crippen molar-refractivity contribution in [2.75, 3.05) is 29.2 Å². The molecule has 4 rings (SSSR count). The Kier molecular flexibility index (Phi) is 6.01. The van der Waals surface area contributed by atoms with Gasteiger partial charge < -0.3 is 20.7 Å². The number of hydrogen-bond donors (Lipinski definition) is 4. The maximum Gasteiger partial charge on any atom is 0.153 e. The van der Waals surface area contributed by atoms with E-state index in [2.05, 4.69) is 33.8 Å². The van der Waals surface area contributed by atoms with Crippen molar-refractivity contribution in [3.8, 4) is 0 Å². The number of rotatable bonds is 7. The van der Waals surface area contributed by atoms with Crippen molar-refractivity contribution in [1.29, 1.82) is 0 Å². The van der Waals surface area contributed by atoms with E-state index in [4.69, 9.17) is 10.8 Å². The first kappa shape index (κ1) is 20.4. The molecule has 1 saturated carbocycles. The molecule has 7 heteroatoms. The number of benzene rings is 1. The second-order valence-corrected chi connectivity index (χ2v) is 8.20. The highest BCUT2D eigenvalue weighted by Crippen LogP contribution is 2.29. The van der Waals surface area contributed by atoms with Crippen molar-refractivity contribution in [2.24, 2.45) is 5.84 Å². The third kappa shape index (κ3) is 4.80. The van der Waals surface area contributed by atoms with Crippen LogP contribution in [0, 0.1) is 0 Å². The van der Waals surface area contributed by atoms with Gasteiger partial charge >= 0.3 is 0 Å². The fraction of sp³-hybridized carbons (Fsp3) is 0.391. The Morgan fingerprint density at radius 3 is 2.73 bits per heavy atom. The van der Waals surface area contributed by atoms with E-state index in [0.29, 0.717) is 18.9 Å². The molecule has 1 aromatic carbocycles. The summed E-state index contributed by atoms with van der Waals surface area (Å²) in [4.78, 5) is 9.09. The molecule has 7 nitrogen and oxygen atoms in total. The molecule has 1 aliphatic rings. The number of nitrogens with one attached hydrogen (secondary N) is 2. The molecule has 0 unspecified atom stereocenters. The van der Waals surface area contributed by atoms with Crippen LogP contribution in [0.4, 0.5) is 17.3 Å². The van der Waals surface area contributed by atoms with Crippen LogP contribution in [-0.2, 0) is 6.54 Å². The second-order valence-electron chi connectivity index (χ2n) is 8.20. The third-order valence-electron chi connectivity index (χ3n) is 5.76. The lowest BCUT2D eigenvalue weighted by atomic mass is 9.85. The SMILES string of the molecule is CN(N)c1ccc(NCC2(O)CCCCC2)nc1NCc1ccc2ncccc2c1. The van der Waals surface area contributed by atoms with Gasteiger partial charge in [-0.3, -0.25) is 4.98 Å². The van der Waals surface area contributed by atoms with Crippen LogP contribution in [0.1, 0.15) is 37.7 Å². The molecule has 0 bridgehead atoms. The van der Waals surface area contributed by atoms with Crippen molar-refractivity contribution in [1.82, 2.24) is 9.97 Å². The van der Waals surface area contributed by atoms with Gasteiger partial charge in [-0.15, -0.1) is 0 Å². The topological polar surface area (TPSA) is 99.3 Å². The molecule has 3 aromatic rings. The average molecular weight is 407 g/mol. The predicted molar refractivity (Wildman–Crippen MR) is 122 cm³/mol. The largest absolute Gasteiger partial charge is 0.388 e. The number of nitrogens with two attached hydrogens (primary N) is 1. The molecule has 2 aromatic heterocycles. The van der Waals surface area contributed by atoms with Crippen LogP contribution in [-0.4, -0.2) is 34.3 Å². The molecule has 5 N–H and O–H groups in total. The molecule has 0 spiro atoms. The van der Waals surface area contributed by atoms with Crippen LogP contribution in [0.25, 0.3) is 10.9 Å². The first-order chi connectivity index (χ1) is 14.5. The van der Waals surface area contributed by atoms with Crippen LogP contribution >= 0.6 is 0 Å². The number of pyridine rings is 2. The number of nitrogens with zero attached hydrogens (tertiary/aromatic N) is 3. The van der Waals surface area contributed by atoms with Crippen molar-refractivity contribution in [3.63, 3.8) is 0 Å². The molecule has 1 fully saturated rings. The van der Waals surface area contributed by atoms with Gasteiger partial charge in [-0.1, -0.05) is 31.4 Å². The van der Waals surface area contributed by atoms with Gasteiger partial charge in [-0.25, -0.2) is 10.8 Å². The lowest BCUT2D eigenvalue weighted by molar-refractivity contribution is 0.0166. The number of fused-ring (bicyclic) bond motifs is 1.